The zero-order chi connectivity index (χ0) is 58.3. The highest BCUT2D eigenvalue weighted by atomic mass is 35.5. The van der Waals surface area contributed by atoms with Crippen molar-refractivity contribution < 1.29 is 75.3 Å². The average molecular weight is 1140 g/mol. The van der Waals surface area contributed by atoms with Crippen molar-refractivity contribution in [3.05, 3.63) is 123 Å². The zero-order valence-electron chi connectivity index (χ0n) is 45.7. The Balaban J connectivity index is 0.997. The molecule has 4 amide bonds. The van der Waals surface area contributed by atoms with Gasteiger partial charge in [-0.15, -0.1) is 0 Å². The lowest BCUT2D eigenvalue weighted by molar-refractivity contribution is -0.154. The maximum atomic E-state index is 14.3. The number of amides is 4. The second-order valence-corrected chi connectivity index (χ2v) is 22.6. The van der Waals surface area contributed by atoms with E-state index in [1.807, 2.05) is 13.0 Å². The second-order valence-electron chi connectivity index (χ2n) is 20.8. The molecule has 2 fully saturated rings. The largest absolute Gasteiger partial charge is 0.495 e. The maximum Gasteiger partial charge on any atom is 0.409 e. The van der Waals surface area contributed by atoms with Crippen molar-refractivity contribution in [3.8, 4) is 5.75 Å². The Labute approximate surface area is 469 Å². The smallest absolute Gasteiger partial charge is 0.409 e. The van der Waals surface area contributed by atoms with Crippen LogP contribution in [0.15, 0.2) is 100 Å². The number of halogens is 1. The number of nitrogens with one attached hydrogen (secondary N) is 1. The predicted octanol–water partition coefficient (Wildman–Crippen LogP) is 6.84. The molecule has 0 aromatic heterocycles. The minimum absolute atomic E-state index is 0.0850. The van der Waals surface area contributed by atoms with E-state index in [1.165, 1.54) is 43.4 Å². The van der Waals surface area contributed by atoms with Crippen molar-refractivity contribution in [2.24, 2.45) is 10.9 Å². The number of imide groups is 1. The number of hydrogen-bond donors (Lipinski definition) is 3. The molecule has 4 aliphatic heterocycles. The van der Waals surface area contributed by atoms with E-state index in [-0.39, 0.29) is 78.8 Å². The molecule has 7 atom stereocenters. The number of benzene rings is 3. The lowest BCUT2D eigenvalue weighted by Crippen LogP contribution is -2.63. The van der Waals surface area contributed by atoms with Crippen molar-refractivity contribution >= 4 is 74.5 Å². The highest BCUT2D eigenvalue weighted by Crippen LogP contribution is 2.49. The van der Waals surface area contributed by atoms with E-state index in [2.05, 4.69) is 10.3 Å². The van der Waals surface area contributed by atoms with Crippen LogP contribution in [0.3, 0.4) is 0 Å². The van der Waals surface area contributed by atoms with Crippen LogP contribution < -0.4 is 15.0 Å². The monoisotopic (exact) mass is 1140 g/mol. The summed E-state index contributed by atoms with van der Waals surface area (Å²) in [5.74, 6) is -2.95. The minimum atomic E-state index is -4.88. The number of rotatable bonds is 19. The van der Waals surface area contributed by atoms with Gasteiger partial charge in [0, 0.05) is 75.7 Å². The molecular formula is C58H67ClN4O16S. The molecule has 4 heterocycles. The summed E-state index contributed by atoms with van der Waals surface area (Å²) in [5, 5.41) is 14.6. The van der Waals surface area contributed by atoms with Crippen molar-refractivity contribution in [2.45, 2.75) is 133 Å². The van der Waals surface area contributed by atoms with Crippen molar-refractivity contribution in [3.63, 3.8) is 0 Å². The van der Waals surface area contributed by atoms with Gasteiger partial charge < -0.3 is 33.7 Å². The van der Waals surface area contributed by atoms with Crippen LogP contribution >= 0.6 is 11.6 Å². The Hall–Kier alpha value is -6.88. The zero-order valence-corrected chi connectivity index (χ0v) is 47.3. The molecule has 0 aliphatic carbocycles. The van der Waals surface area contributed by atoms with Gasteiger partial charge >= 0.3 is 12.1 Å². The summed E-state index contributed by atoms with van der Waals surface area (Å²) in [4.78, 5) is 97.0. The third-order valence-electron chi connectivity index (χ3n) is 14.9. The van der Waals surface area contributed by atoms with Crippen LogP contribution in [0.5, 0.6) is 5.75 Å². The molecule has 2 saturated heterocycles. The van der Waals surface area contributed by atoms with E-state index in [4.69, 9.17) is 35.3 Å². The SMILES string of the molecule is COc1cc2cc(c1Cl)N(C)C(=O)C[C@H](OC(=O)CCc1ccc(C(C)=NCC(=O)c3ccc(CC(=O)CCCCCN4C(=O)C=CC4=O)cc3S(=O)(=O)O)cc1)[C@]1(C)O[C@H]1[C@H](C)[C@@H]1C[C@@](O)(NC(=O)O1)[C@H](OC)/C=C/C=C(\C)C2. The first kappa shape index (κ1) is 60.8. The fourth-order valence-electron chi connectivity index (χ4n) is 10.2. The number of aliphatic imine (C=N–C) groups is 1. The number of ketones is 2. The van der Waals surface area contributed by atoms with Crippen molar-refractivity contribution in [2.75, 3.05) is 39.3 Å². The normalized spacial score (nSPS) is 25.5. The number of aryl methyl sites for hydroxylation is 1. The van der Waals surface area contributed by atoms with Crippen molar-refractivity contribution in [1.29, 1.82) is 0 Å². The fraction of sp³-hybridized carbons (Fsp3) is 0.448. The molecule has 3 aromatic rings. The van der Waals surface area contributed by atoms with E-state index in [1.54, 1.807) is 76.4 Å². The molecule has 4 aliphatic rings. The molecule has 4 bridgehead atoms. The van der Waals surface area contributed by atoms with Gasteiger partial charge in [-0.05, 0) is 93.0 Å². The van der Waals surface area contributed by atoms with Crippen LogP contribution in [-0.2, 0) is 72.3 Å². The van der Waals surface area contributed by atoms with Gasteiger partial charge in [0.05, 0.1) is 25.3 Å². The number of hydrogen-bond acceptors (Lipinski definition) is 16. The minimum Gasteiger partial charge on any atom is -0.495 e. The number of fused-ring (bicyclic) bond motifs is 5. The Bertz CT molecular complexity index is 3140. The molecule has 7 rings (SSSR count). The topological polar surface area (TPSA) is 274 Å². The summed E-state index contributed by atoms with van der Waals surface area (Å²) in [6, 6.07) is 14.4. The first-order chi connectivity index (χ1) is 37.8. The van der Waals surface area contributed by atoms with Gasteiger partial charge in [0.2, 0.25) is 5.91 Å². The summed E-state index contributed by atoms with van der Waals surface area (Å²) in [6.07, 6.45) is 4.79. The van der Waals surface area contributed by atoms with Gasteiger partial charge in [-0.1, -0.05) is 79.1 Å². The number of Topliss-reactive ketones (excluding diaryl/α,β-unsaturated/α-hetero) is 2. The van der Waals surface area contributed by atoms with Crippen LogP contribution in [0, 0.1) is 5.92 Å². The van der Waals surface area contributed by atoms with Gasteiger partial charge in [0.1, 0.15) is 51.9 Å². The average Bonchev–Trinajstić information content (AvgIpc) is 4.08. The van der Waals surface area contributed by atoms with Crippen LogP contribution in [0.4, 0.5) is 10.5 Å². The molecule has 3 N–H and O–H groups in total. The predicted molar refractivity (Wildman–Crippen MR) is 294 cm³/mol. The number of carbonyl (C=O) groups excluding carboxylic acids is 7. The Kier molecular flexibility index (Phi) is 19.5. The number of anilines is 1. The third kappa shape index (κ3) is 14.7. The summed E-state index contributed by atoms with van der Waals surface area (Å²) in [7, 11) is -0.432. The fourth-order valence-corrected chi connectivity index (χ4v) is 11.3. The number of nitrogens with zero attached hydrogens (tertiary/aromatic N) is 3. The van der Waals surface area contributed by atoms with Crippen LogP contribution in [-0.4, -0.2) is 140 Å². The molecule has 0 spiro atoms. The quantitative estimate of drug-likeness (QED) is 0.0211. The summed E-state index contributed by atoms with van der Waals surface area (Å²) in [6.45, 7) is 6.85. The number of aliphatic hydroxyl groups is 1. The first-order valence-corrected chi connectivity index (χ1v) is 28.0. The number of esters is 1. The van der Waals surface area contributed by atoms with Gasteiger partial charge in [0.25, 0.3) is 21.9 Å². The maximum absolute atomic E-state index is 14.3. The third-order valence-corrected chi connectivity index (χ3v) is 16.2. The number of alkyl carbamates (subject to hydrolysis) is 1. The highest BCUT2D eigenvalue weighted by Gasteiger charge is 2.64. The van der Waals surface area contributed by atoms with Gasteiger partial charge in [-0.25, -0.2) is 4.79 Å². The molecule has 80 heavy (non-hydrogen) atoms. The number of epoxide rings is 1. The summed E-state index contributed by atoms with van der Waals surface area (Å²) >= 11 is 6.82. The Morgan fingerprint density at radius 3 is 2.34 bits per heavy atom. The first-order valence-electron chi connectivity index (χ1n) is 26.2. The van der Waals surface area contributed by atoms with E-state index in [9.17, 15) is 51.6 Å². The molecule has 428 valence electrons. The lowest BCUT2D eigenvalue weighted by atomic mass is 9.83. The number of methoxy groups -OCH3 is 2. The molecule has 0 unspecified atom stereocenters. The molecule has 0 saturated carbocycles. The number of carbonyl (C=O) groups is 7. The standard InChI is InChI=1S/C58H67ClN4O16S/c1-34-12-11-14-48(76-7)58(71)32-46(77-56(70)61-58)35(2)55-57(4,79-55)49(31-52(68)62(5)43-28-39(26-34)29-45(75-6)54(43)59)78-53(69)24-18-37-15-19-40(20-16-37)36(3)60-33-44(65)42-21-17-38(30-47(42)80(72,73)74)27-41(64)13-9-8-10-25-63-50(66)22-23-51(63)67/h11-12,14-17,19-23,28-30,35,46,48-49,55,71H,8-10,13,18,24-27,31-33H2,1-7H3,(H,61,70)(H,72,73,74)/b14-11+,34-12+,60-36?/t35-,46+,48-,49+,55+,57+,58+/m1/s1. The van der Waals surface area contributed by atoms with Gasteiger partial charge in [-0.2, -0.15) is 8.42 Å². The van der Waals surface area contributed by atoms with E-state index in [0.717, 1.165) is 27.7 Å². The van der Waals surface area contributed by atoms with Crippen LogP contribution in [0.1, 0.15) is 105 Å². The summed E-state index contributed by atoms with van der Waals surface area (Å²) in [5.41, 5.74) is 0.725. The van der Waals surface area contributed by atoms with Crippen LogP contribution in [0.25, 0.3) is 0 Å². The molecule has 0 radical (unpaired) electrons. The Morgan fingerprint density at radius 2 is 1.66 bits per heavy atom. The lowest BCUT2D eigenvalue weighted by Gasteiger charge is -2.42. The highest BCUT2D eigenvalue weighted by molar-refractivity contribution is 7.86. The van der Waals surface area contributed by atoms with E-state index >= 15 is 0 Å². The molecular weight excluding hydrogens is 1080 g/mol. The van der Waals surface area contributed by atoms with E-state index < -0.39 is 87.0 Å². The second kappa shape index (κ2) is 25.7. The number of ether oxygens (including phenoxy) is 5. The van der Waals surface area contributed by atoms with E-state index in [0.29, 0.717) is 48.4 Å². The summed E-state index contributed by atoms with van der Waals surface area (Å²) < 4.78 is 64.4. The molecule has 22 heteroatoms. The van der Waals surface area contributed by atoms with Crippen molar-refractivity contribution in [1.82, 2.24) is 10.2 Å². The van der Waals surface area contributed by atoms with Gasteiger partial charge in [-0.3, -0.25) is 48.5 Å². The van der Waals surface area contributed by atoms with Crippen LogP contribution in [0.2, 0.25) is 5.02 Å². The number of unbranched alkanes of at least 4 members (excludes halogenated alkanes) is 2. The Morgan fingerprint density at radius 1 is 0.963 bits per heavy atom. The number of allylic oxidation sites excluding steroid dienone is 3. The van der Waals surface area contributed by atoms with Gasteiger partial charge in [0.15, 0.2) is 11.5 Å². The molecule has 3 aromatic carbocycles. The molecule has 20 nitrogen and oxygen atoms in total.